The summed E-state index contributed by atoms with van der Waals surface area (Å²) in [6.07, 6.45) is 0. The highest BCUT2D eigenvalue weighted by atomic mass is 32.1. The van der Waals surface area contributed by atoms with Gasteiger partial charge in [-0.15, -0.1) is 11.3 Å². The van der Waals surface area contributed by atoms with Gasteiger partial charge in [0.2, 0.25) is 0 Å². The van der Waals surface area contributed by atoms with Gasteiger partial charge in [-0.25, -0.2) is 0 Å². The zero-order valence-corrected chi connectivity index (χ0v) is 31.3. The van der Waals surface area contributed by atoms with E-state index in [1.807, 2.05) is 17.4 Å². The normalized spacial score (nSPS) is 11.6. The summed E-state index contributed by atoms with van der Waals surface area (Å²) in [6, 6.07) is 72.5. The maximum absolute atomic E-state index is 6.61. The molecule has 11 rings (SSSR count). The molecule has 11 aromatic rings. The first kappa shape index (κ1) is 32.5. The average Bonchev–Trinajstić information content (AvgIpc) is 3.84. The van der Waals surface area contributed by atoms with E-state index in [-0.39, 0.29) is 0 Å². The fourth-order valence-electron chi connectivity index (χ4n) is 8.50. The summed E-state index contributed by atoms with van der Waals surface area (Å²) >= 11 is 1.86. The molecular formula is C53H35NOS. The van der Waals surface area contributed by atoms with Crippen molar-refractivity contribution < 1.29 is 4.42 Å². The molecule has 0 radical (unpaired) electrons. The van der Waals surface area contributed by atoms with Crippen LogP contribution in [0.2, 0.25) is 0 Å². The van der Waals surface area contributed by atoms with Crippen LogP contribution < -0.4 is 4.90 Å². The molecule has 0 bridgehead atoms. The summed E-state index contributed by atoms with van der Waals surface area (Å²) in [5, 5.41) is 7.40. The Morgan fingerprint density at radius 3 is 1.95 bits per heavy atom. The average molecular weight is 734 g/mol. The van der Waals surface area contributed by atoms with Crippen LogP contribution in [0, 0.1) is 0 Å². The van der Waals surface area contributed by atoms with Gasteiger partial charge in [-0.05, 0) is 75.0 Å². The maximum atomic E-state index is 6.61. The number of thiophene rings is 1. The number of rotatable bonds is 7. The molecule has 0 spiro atoms. The Balaban J connectivity index is 1.06. The van der Waals surface area contributed by atoms with E-state index < -0.39 is 0 Å². The Morgan fingerprint density at radius 2 is 1.04 bits per heavy atom. The first-order valence-electron chi connectivity index (χ1n) is 19.1. The lowest BCUT2D eigenvalue weighted by Gasteiger charge is -2.29. The first-order chi connectivity index (χ1) is 27.8. The van der Waals surface area contributed by atoms with Crippen molar-refractivity contribution in [1.82, 2.24) is 0 Å². The van der Waals surface area contributed by atoms with Gasteiger partial charge in [0.1, 0.15) is 11.2 Å². The molecule has 9 aromatic carbocycles. The van der Waals surface area contributed by atoms with Gasteiger partial charge >= 0.3 is 0 Å². The van der Waals surface area contributed by atoms with Crippen molar-refractivity contribution in [3.05, 3.63) is 206 Å². The molecule has 0 unspecified atom stereocenters. The summed E-state index contributed by atoms with van der Waals surface area (Å²) < 4.78 is 9.25. The van der Waals surface area contributed by atoms with Crippen LogP contribution >= 0.6 is 11.3 Å². The second kappa shape index (κ2) is 13.4. The smallest absolute Gasteiger partial charge is 0.143 e. The van der Waals surface area contributed by atoms with Crippen molar-refractivity contribution in [2.75, 3.05) is 4.90 Å². The van der Waals surface area contributed by atoms with Gasteiger partial charge < -0.3 is 9.32 Å². The third-order valence-electron chi connectivity index (χ3n) is 11.2. The second-order valence-corrected chi connectivity index (χ2v) is 15.5. The fraction of sp³-hybridized carbons (Fsp3) is 0.0189. The van der Waals surface area contributed by atoms with Crippen molar-refractivity contribution in [2.24, 2.45) is 0 Å². The topological polar surface area (TPSA) is 16.4 Å². The maximum Gasteiger partial charge on any atom is 0.143 e. The van der Waals surface area contributed by atoms with Crippen LogP contribution in [0.15, 0.2) is 205 Å². The molecule has 264 valence electrons. The predicted octanol–water partition coefficient (Wildman–Crippen LogP) is 15.4. The lowest BCUT2D eigenvalue weighted by molar-refractivity contribution is 0.670. The zero-order valence-electron chi connectivity index (χ0n) is 30.5. The van der Waals surface area contributed by atoms with E-state index in [1.54, 1.807) is 0 Å². The minimum absolute atomic E-state index is 0.666. The zero-order chi connectivity index (χ0) is 37.0. The molecule has 0 aliphatic rings. The van der Waals surface area contributed by atoms with Crippen molar-refractivity contribution in [2.45, 2.75) is 6.54 Å². The summed E-state index contributed by atoms with van der Waals surface area (Å²) in [6.45, 7) is 0.666. The molecule has 0 saturated heterocycles. The van der Waals surface area contributed by atoms with E-state index in [0.29, 0.717) is 6.54 Å². The molecule has 0 amide bonds. The van der Waals surface area contributed by atoms with Crippen LogP contribution in [-0.2, 0) is 6.54 Å². The highest BCUT2D eigenvalue weighted by molar-refractivity contribution is 7.25. The van der Waals surface area contributed by atoms with E-state index in [2.05, 4.69) is 199 Å². The van der Waals surface area contributed by atoms with Crippen molar-refractivity contribution in [3.8, 4) is 33.4 Å². The Bertz CT molecular complexity index is 3240. The summed E-state index contributed by atoms with van der Waals surface area (Å²) in [5.41, 5.74) is 12.4. The molecule has 0 N–H and O–H groups in total. The standard InChI is InChI=1S/C53H35NOS/c1-3-16-40-36(13-1)15-11-21-42(40)41-17-4-2-14-38(41)34-54(39-30-27-35(28-31-39)37-29-32-46-45-20-7-10-26-51(45)56-52(46)33-37)49-24-8-5-18-43(49)47-22-12-23-48-44-19-6-9-25-50(44)55-53(47)48/h1-33H,34H2. The van der Waals surface area contributed by atoms with E-state index in [9.17, 15) is 0 Å². The second-order valence-electron chi connectivity index (χ2n) is 14.4. The minimum Gasteiger partial charge on any atom is -0.455 e. The molecule has 0 aliphatic carbocycles. The molecular weight excluding hydrogens is 699 g/mol. The lowest BCUT2D eigenvalue weighted by atomic mass is 9.93. The number of nitrogens with zero attached hydrogens (tertiary/aromatic N) is 1. The van der Waals surface area contributed by atoms with Crippen LogP contribution in [0.4, 0.5) is 11.4 Å². The Morgan fingerprint density at radius 1 is 0.411 bits per heavy atom. The molecule has 2 aromatic heterocycles. The van der Waals surface area contributed by atoms with Crippen LogP contribution in [0.25, 0.3) is 86.3 Å². The molecule has 0 aliphatic heterocycles. The first-order valence-corrected chi connectivity index (χ1v) is 19.9. The molecule has 0 fully saturated rings. The predicted molar refractivity (Wildman–Crippen MR) is 239 cm³/mol. The summed E-state index contributed by atoms with van der Waals surface area (Å²) in [4.78, 5) is 2.47. The Hall–Kier alpha value is -6.94. The van der Waals surface area contributed by atoms with Gasteiger partial charge in [0.15, 0.2) is 0 Å². The number of fused-ring (bicyclic) bond motifs is 7. The SMILES string of the molecule is c1ccc(-c2cccc3ccccc23)c(CN(c2ccc(-c3ccc4c(c3)sc3ccccc34)cc2)c2ccccc2-c2cccc3c2oc2ccccc23)c1. The fourth-order valence-corrected chi connectivity index (χ4v) is 9.65. The van der Waals surface area contributed by atoms with E-state index >= 15 is 0 Å². The highest BCUT2D eigenvalue weighted by Crippen LogP contribution is 2.43. The van der Waals surface area contributed by atoms with Gasteiger partial charge in [0.25, 0.3) is 0 Å². The number of benzene rings is 9. The van der Waals surface area contributed by atoms with Gasteiger partial charge in [0, 0.05) is 60.0 Å². The van der Waals surface area contributed by atoms with Crippen LogP contribution in [0.5, 0.6) is 0 Å². The molecule has 0 atom stereocenters. The lowest BCUT2D eigenvalue weighted by Crippen LogP contribution is -2.18. The minimum atomic E-state index is 0.666. The molecule has 56 heavy (non-hydrogen) atoms. The van der Waals surface area contributed by atoms with Crippen LogP contribution in [-0.4, -0.2) is 0 Å². The molecule has 2 heterocycles. The Labute approximate surface area is 329 Å². The number of anilines is 2. The quantitative estimate of drug-likeness (QED) is 0.162. The number of hydrogen-bond donors (Lipinski definition) is 0. The largest absolute Gasteiger partial charge is 0.455 e. The van der Waals surface area contributed by atoms with Gasteiger partial charge in [-0.2, -0.15) is 0 Å². The number of para-hydroxylation sites is 3. The van der Waals surface area contributed by atoms with Crippen molar-refractivity contribution in [1.29, 1.82) is 0 Å². The van der Waals surface area contributed by atoms with Gasteiger partial charge in [0.05, 0.1) is 0 Å². The highest BCUT2D eigenvalue weighted by Gasteiger charge is 2.21. The van der Waals surface area contributed by atoms with Gasteiger partial charge in [-0.1, -0.05) is 164 Å². The van der Waals surface area contributed by atoms with Crippen molar-refractivity contribution in [3.63, 3.8) is 0 Å². The van der Waals surface area contributed by atoms with E-state index in [4.69, 9.17) is 4.42 Å². The molecule has 0 saturated carbocycles. The van der Waals surface area contributed by atoms with Crippen molar-refractivity contribution >= 4 is 75.6 Å². The Kier molecular flexibility index (Phi) is 7.78. The number of furan rings is 1. The van der Waals surface area contributed by atoms with Crippen LogP contribution in [0.1, 0.15) is 5.56 Å². The van der Waals surface area contributed by atoms with Crippen LogP contribution in [0.3, 0.4) is 0 Å². The van der Waals surface area contributed by atoms with E-state index in [0.717, 1.165) is 44.4 Å². The third kappa shape index (κ3) is 5.47. The summed E-state index contributed by atoms with van der Waals surface area (Å²) in [5.74, 6) is 0. The molecule has 3 heteroatoms. The number of hydrogen-bond acceptors (Lipinski definition) is 3. The summed E-state index contributed by atoms with van der Waals surface area (Å²) in [7, 11) is 0. The van der Waals surface area contributed by atoms with Gasteiger partial charge in [-0.3, -0.25) is 0 Å². The van der Waals surface area contributed by atoms with E-state index in [1.165, 1.54) is 58.8 Å². The monoisotopic (exact) mass is 733 g/mol. The molecule has 2 nitrogen and oxygen atoms in total. The third-order valence-corrected chi connectivity index (χ3v) is 12.3.